The van der Waals surface area contributed by atoms with Gasteiger partial charge in [0.15, 0.2) is 0 Å². The van der Waals surface area contributed by atoms with E-state index in [-0.39, 0.29) is 0 Å². The average Bonchev–Trinajstić information content (AvgIpc) is 2.37. The molecule has 25 heavy (non-hydrogen) atoms. The number of carbonyl (C=O) groups is 6. The maximum Gasteiger partial charge on any atom is 0.436 e. The molecule has 0 spiro atoms. The molecule has 0 heterocycles. The largest absolute Gasteiger partial charge is 0.481 e. The second kappa shape index (κ2) is 10.9. The summed E-state index contributed by atoms with van der Waals surface area (Å²) in [4.78, 5) is 57.2. The topological polar surface area (TPSA) is 224 Å². The molecule has 0 aliphatic rings. The lowest BCUT2D eigenvalue weighted by atomic mass is 10.3. The Morgan fingerprint density at radius 1 is 0.640 bits per heavy atom. The highest BCUT2D eigenvalue weighted by atomic mass is 35.5. The monoisotopic (exact) mass is 416 g/mol. The second-order valence-corrected chi connectivity index (χ2v) is 4.66. The zero-order chi connectivity index (χ0) is 21.2. The molecule has 0 aliphatic heterocycles. The van der Waals surface area contributed by atoms with Crippen molar-refractivity contribution >= 4 is 59.0 Å². The van der Waals surface area contributed by atoms with Crippen molar-refractivity contribution in [3.05, 3.63) is 0 Å². The molecule has 0 bridgehead atoms. The normalized spacial score (nSPS) is 10.1. The molecule has 0 saturated heterocycles. The second-order valence-electron chi connectivity index (χ2n) is 3.33. The van der Waals surface area contributed by atoms with Gasteiger partial charge < -0.3 is 30.6 Å². The van der Waals surface area contributed by atoms with Crippen molar-refractivity contribution in [2.45, 2.75) is 16.7 Å². The summed E-state index contributed by atoms with van der Waals surface area (Å²) in [5, 5.41) is 46.3. The number of carboxylic acids is 6. The van der Waals surface area contributed by atoms with Gasteiger partial charge in [-0.3, -0.25) is 9.59 Å². The van der Waals surface area contributed by atoms with Crippen LogP contribution in [0.5, 0.6) is 0 Å². The minimum atomic E-state index is -4.67. The molecule has 0 unspecified atom stereocenters. The van der Waals surface area contributed by atoms with Gasteiger partial charge in [0.1, 0.15) is 6.42 Å². The van der Waals surface area contributed by atoms with Crippen LogP contribution in [0.3, 0.4) is 0 Å². The summed E-state index contributed by atoms with van der Waals surface area (Å²) < 4.78 is 20.2. The lowest BCUT2D eigenvalue weighted by Gasteiger charge is -2.05. The lowest BCUT2D eigenvalue weighted by Crippen LogP contribution is -2.37. The highest BCUT2D eigenvalue weighted by molar-refractivity contribution is 6.66. The summed E-state index contributed by atoms with van der Waals surface area (Å²) in [6.45, 7) is 0. The molecule has 144 valence electrons. The minimum absolute atomic E-state index is 0.806. The van der Waals surface area contributed by atoms with Gasteiger partial charge in [-0.1, -0.05) is 23.2 Å². The van der Waals surface area contributed by atoms with Crippen molar-refractivity contribution in [1.82, 2.24) is 0 Å². The fourth-order valence-electron chi connectivity index (χ4n) is 0.312. The first-order valence-electron chi connectivity index (χ1n) is 5.03. The molecule has 0 aromatic carbocycles. The maximum absolute atomic E-state index is 11.5. The summed E-state index contributed by atoms with van der Waals surface area (Å²) in [5.74, 6) is -16.2. The number of hydrogen-bond acceptors (Lipinski definition) is 6. The van der Waals surface area contributed by atoms with Crippen LogP contribution in [0.2, 0.25) is 0 Å². The summed E-state index contributed by atoms with van der Waals surface area (Å²) in [5.41, 5.74) is 0. The predicted octanol–water partition coefficient (Wildman–Crippen LogP) is -0.334. The van der Waals surface area contributed by atoms with Crippen LogP contribution in [-0.2, 0) is 28.8 Å². The van der Waals surface area contributed by atoms with Crippen molar-refractivity contribution in [1.29, 1.82) is 0 Å². The zero-order valence-corrected chi connectivity index (χ0v) is 12.9. The van der Waals surface area contributed by atoms with Gasteiger partial charge >= 0.3 is 46.1 Å². The molecule has 0 saturated carbocycles. The number of alkyl halides is 4. The average molecular weight is 417 g/mol. The van der Waals surface area contributed by atoms with Gasteiger partial charge in [0, 0.05) is 0 Å². The molecule has 0 amide bonds. The van der Waals surface area contributed by atoms with Gasteiger partial charge in [0.25, 0.3) is 0 Å². The Bertz CT molecular complexity index is 479. The minimum Gasteiger partial charge on any atom is -0.481 e. The highest BCUT2D eigenvalue weighted by Gasteiger charge is 2.48. The zero-order valence-electron chi connectivity index (χ0n) is 11.4. The van der Waals surface area contributed by atoms with E-state index in [1.54, 1.807) is 0 Å². The number of aliphatic carboxylic acids is 6. The number of carboxylic acid groups (broad SMARTS) is 6. The standard InChI is InChI=1S/C3H2Cl2O4.C3H2F2O4.C3H4O4/c2*4-3(5,1(6)7)2(8)9;4-2(5)1-3(6)7/h2*(H,6,7)(H,8,9);1H2,(H,4,5)(H,6,7). The summed E-state index contributed by atoms with van der Waals surface area (Å²) in [6, 6.07) is 0. The van der Waals surface area contributed by atoms with Crippen LogP contribution >= 0.6 is 23.2 Å². The number of hydrogen-bond donors (Lipinski definition) is 6. The molecular formula is C9H8Cl2F2O12. The van der Waals surface area contributed by atoms with Crippen LogP contribution in [0.25, 0.3) is 0 Å². The predicted molar refractivity (Wildman–Crippen MR) is 69.8 cm³/mol. The van der Waals surface area contributed by atoms with Crippen LogP contribution in [0.1, 0.15) is 6.42 Å². The first kappa shape index (κ1) is 27.1. The molecule has 16 heteroatoms. The Kier molecular flexibility index (Phi) is 11.9. The SMILES string of the molecule is O=C(O)C(Cl)(Cl)C(=O)O.O=C(O)C(F)(F)C(=O)O.O=C(O)CC(=O)O. The molecule has 6 N–H and O–H groups in total. The fraction of sp³-hybridized carbons (Fsp3) is 0.333. The van der Waals surface area contributed by atoms with E-state index in [0.29, 0.717) is 0 Å². The van der Waals surface area contributed by atoms with Crippen molar-refractivity contribution in [3.8, 4) is 0 Å². The Morgan fingerprint density at radius 2 is 0.880 bits per heavy atom. The molecule has 0 radical (unpaired) electrons. The number of halogens is 4. The maximum atomic E-state index is 11.5. The molecule has 0 aliphatic carbocycles. The smallest absolute Gasteiger partial charge is 0.436 e. The van der Waals surface area contributed by atoms with Crippen molar-refractivity contribution in [2.24, 2.45) is 0 Å². The van der Waals surface area contributed by atoms with E-state index in [9.17, 15) is 37.5 Å². The van der Waals surface area contributed by atoms with Crippen molar-refractivity contribution in [2.75, 3.05) is 0 Å². The highest BCUT2D eigenvalue weighted by Crippen LogP contribution is 2.20. The summed E-state index contributed by atoms with van der Waals surface area (Å²) in [6.07, 6.45) is -0.806. The van der Waals surface area contributed by atoms with E-state index in [1.807, 2.05) is 0 Å². The molecule has 0 fully saturated rings. The third-order valence-corrected chi connectivity index (χ3v) is 2.02. The van der Waals surface area contributed by atoms with Gasteiger partial charge in [-0.05, 0) is 0 Å². The Morgan fingerprint density at radius 3 is 0.880 bits per heavy atom. The van der Waals surface area contributed by atoms with Gasteiger partial charge in [-0.25, -0.2) is 19.2 Å². The van der Waals surface area contributed by atoms with E-state index in [0.717, 1.165) is 0 Å². The van der Waals surface area contributed by atoms with Crippen LogP contribution in [-0.4, -0.2) is 76.7 Å². The fourth-order valence-corrected chi connectivity index (χ4v) is 0.312. The third kappa shape index (κ3) is 12.4. The quantitative estimate of drug-likeness (QED) is 0.241. The van der Waals surface area contributed by atoms with Crippen LogP contribution in [0.4, 0.5) is 8.78 Å². The first-order chi connectivity index (χ1) is 10.9. The Balaban J connectivity index is -0.000000293. The Labute approximate surface area is 144 Å². The Hall–Kier alpha value is -2.74. The molecular weight excluding hydrogens is 409 g/mol. The van der Waals surface area contributed by atoms with E-state index in [4.69, 9.17) is 53.8 Å². The molecule has 0 aromatic heterocycles. The molecule has 0 rings (SSSR count). The van der Waals surface area contributed by atoms with E-state index in [1.165, 1.54) is 0 Å². The summed E-state index contributed by atoms with van der Waals surface area (Å²) in [7, 11) is 0. The lowest BCUT2D eigenvalue weighted by molar-refractivity contribution is -0.182. The van der Waals surface area contributed by atoms with Crippen molar-refractivity contribution in [3.63, 3.8) is 0 Å². The molecule has 12 nitrogen and oxygen atoms in total. The van der Waals surface area contributed by atoms with Gasteiger partial charge in [-0.2, -0.15) is 8.78 Å². The molecule has 0 atom stereocenters. The van der Waals surface area contributed by atoms with Gasteiger partial charge in [0.05, 0.1) is 0 Å². The number of rotatable bonds is 6. The molecule has 0 aromatic rings. The third-order valence-electron chi connectivity index (χ3n) is 1.38. The van der Waals surface area contributed by atoms with Crippen LogP contribution < -0.4 is 0 Å². The van der Waals surface area contributed by atoms with Gasteiger partial charge in [-0.15, -0.1) is 0 Å². The van der Waals surface area contributed by atoms with E-state index in [2.05, 4.69) is 0 Å². The van der Waals surface area contributed by atoms with Crippen molar-refractivity contribution < 1.29 is 68.2 Å². The van der Waals surface area contributed by atoms with Crippen LogP contribution in [0.15, 0.2) is 0 Å². The first-order valence-corrected chi connectivity index (χ1v) is 5.79. The van der Waals surface area contributed by atoms with Gasteiger partial charge in [0.2, 0.25) is 0 Å². The summed E-state index contributed by atoms with van der Waals surface area (Å²) >= 11 is 9.54. The van der Waals surface area contributed by atoms with E-state index < -0.39 is 52.5 Å². The van der Waals surface area contributed by atoms with E-state index >= 15 is 0 Å². The van der Waals surface area contributed by atoms with Crippen LogP contribution in [0, 0.1) is 0 Å².